The van der Waals surface area contributed by atoms with Crippen molar-refractivity contribution in [1.29, 1.82) is 0 Å². The quantitative estimate of drug-likeness (QED) is 0.694. The molecule has 2 rings (SSSR count). The van der Waals surface area contributed by atoms with Gasteiger partial charge in [-0.25, -0.2) is 4.39 Å². The molecule has 8 heteroatoms. The minimum absolute atomic E-state index is 0.171. The first-order valence-electron chi connectivity index (χ1n) is 5.43. The molecule has 5 nitrogen and oxygen atoms in total. The molecule has 0 aliphatic rings. The van der Waals surface area contributed by atoms with Gasteiger partial charge in [-0.3, -0.25) is 14.9 Å². The van der Waals surface area contributed by atoms with Crippen molar-refractivity contribution < 1.29 is 14.1 Å². The highest BCUT2D eigenvalue weighted by Gasteiger charge is 2.20. The van der Waals surface area contributed by atoms with E-state index in [1.54, 1.807) is 12.1 Å². The second-order valence-electron chi connectivity index (χ2n) is 3.81. The van der Waals surface area contributed by atoms with Crippen molar-refractivity contribution in [3.8, 4) is 0 Å². The van der Waals surface area contributed by atoms with E-state index in [1.807, 2.05) is 0 Å². The molecular formula is C12H8ClFN2O3S. The Labute approximate surface area is 122 Å². The van der Waals surface area contributed by atoms with Crippen molar-refractivity contribution in [2.75, 3.05) is 0 Å². The molecule has 2 aromatic rings. The van der Waals surface area contributed by atoms with Crippen molar-refractivity contribution in [1.82, 2.24) is 5.32 Å². The Hall–Kier alpha value is -1.99. The third-order valence-corrected chi connectivity index (χ3v) is 3.68. The molecule has 0 bridgehead atoms. The molecule has 1 N–H and O–H groups in total. The minimum atomic E-state index is -0.726. The molecule has 1 aromatic heterocycles. The number of nitro groups is 1. The Bertz CT molecular complexity index is 674. The number of hydrogen-bond donors (Lipinski definition) is 1. The van der Waals surface area contributed by atoms with E-state index in [0.717, 1.165) is 23.1 Å². The second-order valence-corrected chi connectivity index (χ2v) is 5.61. The summed E-state index contributed by atoms with van der Waals surface area (Å²) in [5.41, 5.74) is -0.745. The van der Waals surface area contributed by atoms with E-state index in [-0.39, 0.29) is 12.1 Å². The normalized spacial score (nSPS) is 10.3. The summed E-state index contributed by atoms with van der Waals surface area (Å²) >= 11 is 7.03. The number of nitro benzene ring substituents is 1. The van der Waals surface area contributed by atoms with Crippen molar-refractivity contribution >= 4 is 34.5 Å². The molecule has 0 aliphatic carbocycles. The number of carbonyl (C=O) groups excluding carboxylic acids is 1. The summed E-state index contributed by atoms with van der Waals surface area (Å²) in [7, 11) is 0. The van der Waals surface area contributed by atoms with Crippen molar-refractivity contribution in [2.45, 2.75) is 6.54 Å². The molecule has 0 atom stereocenters. The Morgan fingerprint density at radius 3 is 2.75 bits per heavy atom. The van der Waals surface area contributed by atoms with Crippen LogP contribution in [0.4, 0.5) is 10.1 Å². The number of carbonyl (C=O) groups is 1. The van der Waals surface area contributed by atoms with Crippen molar-refractivity contribution in [3.05, 3.63) is 61.0 Å². The van der Waals surface area contributed by atoms with Crippen LogP contribution in [0.15, 0.2) is 30.3 Å². The molecule has 104 valence electrons. The van der Waals surface area contributed by atoms with Gasteiger partial charge in [0.05, 0.1) is 15.8 Å². The third-order valence-electron chi connectivity index (χ3n) is 2.45. The van der Waals surface area contributed by atoms with Gasteiger partial charge in [0.25, 0.3) is 11.6 Å². The fraction of sp³-hybridized carbons (Fsp3) is 0.0833. The summed E-state index contributed by atoms with van der Waals surface area (Å²) in [4.78, 5) is 22.8. The van der Waals surface area contributed by atoms with Gasteiger partial charge < -0.3 is 5.32 Å². The van der Waals surface area contributed by atoms with E-state index in [0.29, 0.717) is 4.34 Å². The molecule has 0 aliphatic heterocycles. The lowest BCUT2D eigenvalue weighted by atomic mass is 10.1. The zero-order valence-corrected chi connectivity index (χ0v) is 11.5. The van der Waals surface area contributed by atoms with E-state index < -0.39 is 22.3 Å². The van der Waals surface area contributed by atoms with Crippen molar-refractivity contribution in [2.24, 2.45) is 0 Å². The van der Waals surface area contributed by atoms with E-state index in [4.69, 9.17) is 11.6 Å². The monoisotopic (exact) mass is 314 g/mol. The molecular weight excluding hydrogens is 307 g/mol. The number of halogens is 2. The first-order chi connectivity index (χ1) is 9.47. The van der Waals surface area contributed by atoms with Gasteiger partial charge in [0.1, 0.15) is 11.4 Å². The first kappa shape index (κ1) is 14.4. The Kier molecular flexibility index (Phi) is 4.31. The number of rotatable bonds is 4. The van der Waals surface area contributed by atoms with Crippen molar-refractivity contribution in [3.63, 3.8) is 0 Å². The molecule has 0 spiro atoms. The minimum Gasteiger partial charge on any atom is -0.347 e. The molecule has 0 radical (unpaired) electrons. The lowest BCUT2D eigenvalue weighted by molar-refractivity contribution is -0.385. The maximum Gasteiger partial charge on any atom is 0.282 e. The van der Waals surface area contributed by atoms with Gasteiger partial charge in [-0.15, -0.1) is 11.3 Å². The fourth-order valence-corrected chi connectivity index (χ4v) is 2.59. The van der Waals surface area contributed by atoms with Gasteiger partial charge in [0.2, 0.25) is 0 Å². The van der Waals surface area contributed by atoms with Crippen LogP contribution in [0.25, 0.3) is 0 Å². The zero-order valence-electron chi connectivity index (χ0n) is 9.93. The average molecular weight is 315 g/mol. The number of nitrogens with one attached hydrogen (secondary N) is 1. The summed E-state index contributed by atoms with van der Waals surface area (Å²) in [5.74, 6) is -1.42. The van der Waals surface area contributed by atoms with Gasteiger partial charge >= 0.3 is 0 Å². The number of nitrogens with zero attached hydrogens (tertiary/aromatic N) is 1. The van der Waals surface area contributed by atoms with Crippen LogP contribution >= 0.6 is 22.9 Å². The summed E-state index contributed by atoms with van der Waals surface area (Å²) < 4.78 is 13.7. The van der Waals surface area contributed by atoms with Gasteiger partial charge in [-0.05, 0) is 24.3 Å². The number of amides is 1. The van der Waals surface area contributed by atoms with Gasteiger partial charge in [0.15, 0.2) is 0 Å². The van der Waals surface area contributed by atoms with Crippen LogP contribution in [0, 0.1) is 15.9 Å². The van der Waals surface area contributed by atoms with E-state index in [2.05, 4.69) is 5.32 Å². The van der Waals surface area contributed by atoms with E-state index in [9.17, 15) is 19.3 Å². The number of hydrogen-bond acceptors (Lipinski definition) is 4. The number of thiophene rings is 1. The Morgan fingerprint density at radius 1 is 1.40 bits per heavy atom. The maximum atomic E-state index is 13.1. The first-order valence-corrected chi connectivity index (χ1v) is 6.63. The van der Waals surface area contributed by atoms with E-state index >= 15 is 0 Å². The van der Waals surface area contributed by atoms with Crippen LogP contribution in [0.3, 0.4) is 0 Å². The van der Waals surface area contributed by atoms with Crippen LogP contribution in [0.2, 0.25) is 4.34 Å². The second kappa shape index (κ2) is 5.98. The number of benzene rings is 1. The zero-order chi connectivity index (χ0) is 14.7. The summed E-state index contributed by atoms with van der Waals surface area (Å²) in [6.45, 7) is 0.171. The van der Waals surface area contributed by atoms with Crippen LogP contribution < -0.4 is 5.32 Å². The van der Waals surface area contributed by atoms with Crippen LogP contribution in [0.5, 0.6) is 0 Å². The predicted octanol–water partition coefficient (Wildman–Crippen LogP) is 3.38. The maximum absolute atomic E-state index is 13.1. The highest BCUT2D eigenvalue weighted by atomic mass is 35.5. The topological polar surface area (TPSA) is 72.2 Å². The molecule has 1 amide bonds. The van der Waals surface area contributed by atoms with Gasteiger partial charge in [-0.2, -0.15) is 0 Å². The molecule has 0 fully saturated rings. The molecule has 0 saturated carbocycles. The third kappa shape index (κ3) is 3.31. The molecule has 1 aromatic carbocycles. The SMILES string of the molecule is O=C(NCc1ccc(Cl)s1)c1cc(F)ccc1[N+](=O)[O-]. The standard InChI is InChI=1S/C12H8ClFN2O3S/c13-11-4-2-8(20-11)6-15-12(17)9-5-7(14)1-3-10(9)16(18)19/h1-5H,6H2,(H,15,17). The molecule has 20 heavy (non-hydrogen) atoms. The lowest BCUT2D eigenvalue weighted by Crippen LogP contribution is -2.23. The smallest absolute Gasteiger partial charge is 0.282 e. The van der Waals surface area contributed by atoms with Crippen LogP contribution in [-0.2, 0) is 6.54 Å². The molecule has 0 saturated heterocycles. The largest absolute Gasteiger partial charge is 0.347 e. The van der Waals surface area contributed by atoms with Crippen LogP contribution in [0.1, 0.15) is 15.2 Å². The summed E-state index contributed by atoms with van der Waals surface area (Å²) in [6, 6.07) is 6.15. The van der Waals surface area contributed by atoms with Gasteiger partial charge in [0, 0.05) is 10.9 Å². The Balaban J connectivity index is 2.16. The van der Waals surface area contributed by atoms with Gasteiger partial charge in [-0.1, -0.05) is 11.6 Å². The highest BCUT2D eigenvalue weighted by Crippen LogP contribution is 2.22. The lowest BCUT2D eigenvalue weighted by Gasteiger charge is -2.04. The molecule has 1 heterocycles. The average Bonchev–Trinajstić information content (AvgIpc) is 2.81. The highest BCUT2D eigenvalue weighted by molar-refractivity contribution is 7.16. The predicted molar refractivity (Wildman–Crippen MR) is 73.6 cm³/mol. The fourth-order valence-electron chi connectivity index (χ4n) is 1.56. The molecule has 0 unspecified atom stereocenters. The Morgan fingerprint density at radius 2 is 2.15 bits per heavy atom. The van der Waals surface area contributed by atoms with Crippen LogP contribution in [-0.4, -0.2) is 10.8 Å². The van der Waals surface area contributed by atoms with E-state index in [1.165, 1.54) is 11.3 Å². The summed E-state index contributed by atoms with van der Waals surface area (Å²) in [5, 5.41) is 13.3. The summed E-state index contributed by atoms with van der Waals surface area (Å²) in [6.07, 6.45) is 0.